The van der Waals surface area contributed by atoms with E-state index >= 15 is 0 Å². The summed E-state index contributed by atoms with van der Waals surface area (Å²) in [6.45, 7) is 2.06. The molecular formula is C14H15ClN2S. The molecule has 1 atom stereocenters. The van der Waals surface area contributed by atoms with Gasteiger partial charge in [0.15, 0.2) is 0 Å². The molecule has 1 fully saturated rings. The van der Waals surface area contributed by atoms with Crippen molar-refractivity contribution in [2.24, 2.45) is 0 Å². The fourth-order valence-electron chi connectivity index (χ4n) is 2.53. The van der Waals surface area contributed by atoms with Crippen molar-refractivity contribution in [3.63, 3.8) is 0 Å². The molecule has 0 aliphatic carbocycles. The van der Waals surface area contributed by atoms with Crippen molar-refractivity contribution in [1.82, 2.24) is 9.88 Å². The molecule has 2 aromatic rings. The van der Waals surface area contributed by atoms with Crippen LogP contribution < -0.4 is 0 Å². The molecule has 94 valence electrons. The lowest BCUT2D eigenvalue weighted by Crippen LogP contribution is -2.23. The predicted octanol–water partition coefficient (Wildman–Crippen LogP) is 4.19. The Morgan fingerprint density at radius 3 is 3.17 bits per heavy atom. The Bertz CT molecular complexity index is 531. The van der Waals surface area contributed by atoms with Gasteiger partial charge in [-0.3, -0.25) is 4.90 Å². The second kappa shape index (κ2) is 5.39. The standard InChI is InChI=1S/C14H15ClN2S/c15-8-4-10-17-9-3-6-12(17)14-16-11-5-1-2-7-13(11)18-14/h1-2,4-5,7-8,12H,3,6,9-10H2/b8-4+. The molecule has 0 N–H and O–H groups in total. The molecule has 1 saturated heterocycles. The van der Waals surface area contributed by atoms with Crippen LogP contribution in [0.15, 0.2) is 35.9 Å². The van der Waals surface area contributed by atoms with Crippen LogP contribution in [-0.2, 0) is 0 Å². The number of thiazole rings is 1. The summed E-state index contributed by atoms with van der Waals surface area (Å²) in [7, 11) is 0. The molecule has 0 radical (unpaired) electrons. The Hall–Kier alpha value is -0.900. The molecule has 0 spiro atoms. The predicted molar refractivity (Wildman–Crippen MR) is 78.2 cm³/mol. The first-order chi connectivity index (χ1) is 8.88. The van der Waals surface area contributed by atoms with Crippen LogP contribution in [-0.4, -0.2) is 23.0 Å². The van der Waals surface area contributed by atoms with Gasteiger partial charge in [0, 0.05) is 12.1 Å². The third kappa shape index (κ3) is 2.30. The van der Waals surface area contributed by atoms with E-state index in [4.69, 9.17) is 16.6 Å². The van der Waals surface area contributed by atoms with Crippen molar-refractivity contribution >= 4 is 33.2 Å². The van der Waals surface area contributed by atoms with Crippen LogP contribution in [0.2, 0.25) is 0 Å². The van der Waals surface area contributed by atoms with Crippen LogP contribution in [0.3, 0.4) is 0 Å². The number of aromatic nitrogens is 1. The molecule has 4 heteroatoms. The number of hydrogen-bond acceptors (Lipinski definition) is 3. The smallest absolute Gasteiger partial charge is 0.111 e. The minimum Gasteiger partial charge on any atom is -0.290 e. The number of hydrogen-bond donors (Lipinski definition) is 0. The van der Waals surface area contributed by atoms with E-state index in [1.54, 1.807) is 5.54 Å². The molecule has 1 aromatic carbocycles. The number of benzene rings is 1. The summed E-state index contributed by atoms with van der Waals surface area (Å²) in [6.07, 6.45) is 4.46. The maximum Gasteiger partial charge on any atom is 0.111 e. The fraction of sp³-hybridized carbons (Fsp3) is 0.357. The number of fused-ring (bicyclic) bond motifs is 1. The Balaban J connectivity index is 1.88. The van der Waals surface area contributed by atoms with Crippen LogP contribution >= 0.6 is 22.9 Å². The molecule has 0 bridgehead atoms. The normalized spacial score (nSPS) is 21.3. The first-order valence-corrected chi connectivity index (χ1v) is 7.48. The zero-order valence-corrected chi connectivity index (χ0v) is 11.6. The molecule has 1 unspecified atom stereocenters. The zero-order chi connectivity index (χ0) is 12.4. The summed E-state index contributed by atoms with van der Waals surface area (Å²) < 4.78 is 1.28. The van der Waals surface area contributed by atoms with Crippen LogP contribution in [0, 0.1) is 0 Å². The Morgan fingerprint density at radius 2 is 2.33 bits per heavy atom. The highest BCUT2D eigenvalue weighted by Gasteiger charge is 2.27. The van der Waals surface area contributed by atoms with Crippen LogP contribution in [0.25, 0.3) is 10.2 Å². The SMILES string of the molecule is Cl/C=C/CN1CCCC1c1nc2ccccc2s1. The highest BCUT2D eigenvalue weighted by atomic mass is 35.5. The highest BCUT2D eigenvalue weighted by Crippen LogP contribution is 2.36. The molecule has 0 amide bonds. The van der Waals surface area contributed by atoms with Crippen LogP contribution in [0.1, 0.15) is 23.9 Å². The summed E-state index contributed by atoms with van der Waals surface area (Å²) in [5.74, 6) is 0. The first kappa shape index (κ1) is 12.2. The minimum atomic E-state index is 0.468. The van der Waals surface area contributed by atoms with Crippen molar-refractivity contribution in [1.29, 1.82) is 0 Å². The van der Waals surface area contributed by atoms with Gasteiger partial charge in [-0.1, -0.05) is 29.8 Å². The lowest BCUT2D eigenvalue weighted by molar-refractivity contribution is 0.285. The number of para-hydroxylation sites is 1. The average Bonchev–Trinajstić information content (AvgIpc) is 3.01. The van der Waals surface area contributed by atoms with E-state index in [-0.39, 0.29) is 0 Å². The van der Waals surface area contributed by atoms with Gasteiger partial charge in [0.25, 0.3) is 0 Å². The second-order valence-electron chi connectivity index (χ2n) is 4.53. The van der Waals surface area contributed by atoms with Crippen molar-refractivity contribution in [3.05, 3.63) is 40.9 Å². The molecule has 0 saturated carbocycles. The van der Waals surface area contributed by atoms with Gasteiger partial charge in [0.1, 0.15) is 5.01 Å². The van der Waals surface area contributed by atoms with E-state index in [0.29, 0.717) is 6.04 Å². The third-order valence-electron chi connectivity index (χ3n) is 3.39. The number of rotatable bonds is 3. The largest absolute Gasteiger partial charge is 0.290 e. The number of likely N-dealkylation sites (tertiary alicyclic amines) is 1. The fourth-order valence-corrected chi connectivity index (χ4v) is 3.75. The van der Waals surface area contributed by atoms with Gasteiger partial charge in [0.05, 0.1) is 16.3 Å². The van der Waals surface area contributed by atoms with Gasteiger partial charge in [-0.25, -0.2) is 4.98 Å². The summed E-state index contributed by atoms with van der Waals surface area (Å²) in [4.78, 5) is 7.23. The molecule has 2 heterocycles. The lowest BCUT2D eigenvalue weighted by Gasteiger charge is -2.20. The third-order valence-corrected chi connectivity index (χ3v) is 4.70. The van der Waals surface area contributed by atoms with Crippen molar-refractivity contribution in [3.8, 4) is 0 Å². The maximum atomic E-state index is 5.62. The summed E-state index contributed by atoms with van der Waals surface area (Å²) >= 11 is 7.44. The summed E-state index contributed by atoms with van der Waals surface area (Å²) in [5.41, 5.74) is 2.73. The van der Waals surface area contributed by atoms with E-state index in [0.717, 1.165) is 18.6 Å². The Morgan fingerprint density at radius 1 is 1.44 bits per heavy atom. The van der Waals surface area contributed by atoms with Crippen LogP contribution in [0.5, 0.6) is 0 Å². The number of nitrogens with zero attached hydrogens (tertiary/aromatic N) is 2. The van der Waals surface area contributed by atoms with Gasteiger partial charge in [-0.05, 0) is 31.5 Å². The molecule has 1 aromatic heterocycles. The molecular weight excluding hydrogens is 264 g/mol. The van der Waals surface area contributed by atoms with Gasteiger partial charge < -0.3 is 0 Å². The van der Waals surface area contributed by atoms with E-state index in [1.807, 2.05) is 17.4 Å². The molecule has 1 aliphatic rings. The molecule has 18 heavy (non-hydrogen) atoms. The quantitative estimate of drug-likeness (QED) is 0.837. The van der Waals surface area contributed by atoms with Crippen molar-refractivity contribution < 1.29 is 0 Å². The van der Waals surface area contributed by atoms with Crippen molar-refractivity contribution in [2.75, 3.05) is 13.1 Å². The average molecular weight is 279 g/mol. The monoisotopic (exact) mass is 278 g/mol. The number of halogens is 1. The van der Waals surface area contributed by atoms with Gasteiger partial charge in [0.2, 0.25) is 0 Å². The topological polar surface area (TPSA) is 16.1 Å². The van der Waals surface area contributed by atoms with E-state index < -0.39 is 0 Å². The highest BCUT2D eigenvalue weighted by molar-refractivity contribution is 7.18. The van der Waals surface area contributed by atoms with Gasteiger partial charge >= 0.3 is 0 Å². The van der Waals surface area contributed by atoms with E-state index in [2.05, 4.69) is 29.2 Å². The Kier molecular flexibility index (Phi) is 3.64. The van der Waals surface area contributed by atoms with E-state index in [9.17, 15) is 0 Å². The van der Waals surface area contributed by atoms with E-state index in [1.165, 1.54) is 22.5 Å². The second-order valence-corrected chi connectivity index (χ2v) is 5.85. The first-order valence-electron chi connectivity index (χ1n) is 6.23. The van der Waals surface area contributed by atoms with Gasteiger partial charge in [-0.2, -0.15) is 0 Å². The van der Waals surface area contributed by atoms with Gasteiger partial charge in [-0.15, -0.1) is 11.3 Å². The zero-order valence-electron chi connectivity index (χ0n) is 10.1. The molecule has 2 nitrogen and oxygen atoms in total. The molecule has 1 aliphatic heterocycles. The summed E-state index contributed by atoms with van der Waals surface area (Å²) in [6, 6.07) is 8.83. The lowest BCUT2D eigenvalue weighted by atomic mass is 10.2. The van der Waals surface area contributed by atoms with Crippen molar-refractivity contribution in [2.45, 2.75) is 18.9 Å². The minimum absolute atomic E-state index is 0.468. The van der Waals surface area contributed by atoms with Crippen LogP contribution in [0.4, 0.5) is 0 Å². The maximum absolute atomic E-state index is 5.62. The Labute approximate surface area is 116 Å². The molecule has 3 rings (SSSR count). The summed E-state index contributed by atoms with van der Waals surface area (Å²) in [5, 5.41) is 1.25.